The average molecular weight is 325 g/mol. The van der Waals surface area contributed by atoms with Crippen molar-refractivity contribution in [1.29, 1.82) is 0 Å². The smallest absolute Gasteiger partial charge is 0.124 e. The van der Waals surface area contributed by atoms with Crippen molar-refractivity contribution in [1.82, 2.24) is 0 Å². The molecule has 0 saturated carbocycles. The molecule has 0 saturated heterocycles. The molecular formula is C15H14BrFO2. The summed E-state index contributed by atoms with van der Waals surface area (Å²) in [5.74, 6) is 0.313. The van der Waals surface area contributed by atoms with Gasteiger partial charge in [0.25, 0.3) is 0 Å². The van der Waals surface area contributed by atoms with Gasteiger partial charge in [-0.2, -0.15) is 0 Å². The van der Waals surface area contributed by atoms with Gasteiger partial charge in [-0.1, -0.05) is 34.1 Å². The molecule has 0 aromatic heterocycles. The Bertz CT molecular complexity index is 572. The normalized spacial score (nSPS) is 12.2. The predicted molar refractivity (Wildman–Crippen MR) is 75.8 cm³/mol. The summed E-state index contributed by atoms with van der Waals surface area (Å²) in [6, 6.07) is 11.7. The SMILES string of the molecule is COc1ccccc1C(O)Cc1cc(F)ccc1Br. The number of hydrogen-bond acceptors (Lipinski definition) is 2. The molecule has 1 unspecified atom stereocenters. The minimum Gasteiger partial charge on any atom is -0.496 e. The molecule has 0 bridgehead atoms. The van der Waals surface area contributed by atoms with Crippen LogP contribution in [0.25, 0.3) is 0 Å². The largest absolute Gasteiger partial charge is 0.496 e. The molecule has 0 aliphatic rings. The van der Waals surface area contributed by atoms with Gasteiger partial charge in [-0.25, -0.2) is 4.39 Å². The van der Waals surface area contributed by atoms with Gasteiger partial charge in [0.1, 0.15) is 11.6 Å². The highest BCUT2D eigenvalue weighted by Gasteiger charge is 2.15. The second-order valence-corrected chi connectivity index (χ2v) is 5.05. The molecule has 2 aromatic rings. The summed E-state index contributed by atoms with van der Waals surface area (Å²) in [6.45, 7) is 0. The topological polar surface area (TPSA) is 29.5 Å². The third-order valence-corrected chi connectivity index (χ3v) is 3.69. The highest BCUT2D eigenvalue weighted by Crippen LogP contribution is 2.29. The predicted octanol–water partition coefficient (Wildman–Crippen LogP) is 3.87. The van der Waals surface area contributed by atoms with Crippen molar-refractivity contribution in [3.05, 3.63) is 63.9 Å². The van der Waals surface area contributed by atoms with Crippen LogP contribution < -0.4 is 4.74 Å². The first kappa shape index (κ1) is 14.0. The van der Waals surface area contributed by atoms with Gasteiger partial charge in [0.2, 0.25) is 0 Å². The van der Waals surface area contributed by atoms with Crippen molar-refractivity contribution < 1.29 is 14.2 Å². The molecule has 0 radical (unpaired) electrons. The monoisotopic (exact) mass is 324 g/mol. The zero-order chi connectivity index (χ0) is 13.8. The molecule has 2 rings (SSSR count). The number of halogens is 2. The maximum atomic E-state index is 13.2. The lowest BCUT2D eigenvalue weighted by Gasteiger charge is -2.15. The Morgan fingerprint density at radius 1 is 1.26 bits per heavy atom. The van der Waals surface area contributed by atoms with Crippen molar-refractivity contribution in [2.75, 3.05) is 7.11 Å². The summed E-state index contributed by atoms with van der Waals surface area (Å²) in [5.41, 5.74) is 1.42. The highest BCUT2D eigenvalue weighted by atomic mass is 79.9. The number of benzene rings is 2. The summed E-state index contributed by atoms with van der Waals surface area (Å²) >= 11 is 3.36. The quantitative estimate of drug-likeness (QED) is 0.925. The minimum absolute atomic E-state index is 0.314. The van der Waals surface area contributed by atoms with E-state index in [2.05, 4.69) is 15.9 Å². The van der Waals surface area contributed by atoms with Gasteiger partial charge < -0.3 is 9.84 Å². The molecule has 1 N–H and O–H groups in total. The molecule has 100 valence electrons. The Balaban J connectivity index is 2.25. The summed E-state index contributed by atoms with van der Waals surface area (Å²) in [4.78, 5) is 0. The number of ether oxygens (including phenoxy) is 1. The second kappa shape index (κ2) is 6.17. The van der Waals surface area contributed by atoms with E-state index in [9.17, 15) is 9.50 Å². The van der Waals surface area contributed by atoms with E-state index in [0.29, 0.717) is 17.7 Å². The first-order valence-electron chi connectivity index (χ1n) is 5.86. The lowest BCUT2D eigenvalue weighted by atomic mass is 10.0. The highest BCUT2D eigenvalue weighted by molar-refractivity contribution is 9.10. The molecule has 2 aromatic carbocycles. The molecule has 0 aliphatic carbocycles. The second-order valence-electron chi connectivity index (χ2n) is 4.20. The van der Waals surface area contributed by atoms with E-state index >= 15 is 0 Å². The van der Waals surface area contributed by atoms with Crippen molar-refractivity contribution in [2.45, 2.75) is 12.5 Å². The van der Waals surface area contributed by atoms with E-state index in [1.807, 2.05) is 12.1 Å². The number of para-hydroxylation sites is 1. The molecule has 4 heteroatoms. The molecule has 19 heavy (non-hydrogen) atoms. The van der Waals surface area contributed by atoms with Gasteiger partial charge in [0.05, 0.1) is 13.2 Å². The standard InChI is InChI=1S/C15H14BrFO2/c1-19-15-5-3-2-4-12(15)14(18)9-10-8-11(17)6-7-13(10)16/h2-8,14,18H,9H2,1H3. The van der Waals surface area contributed by atoms with E-state index < -0.39 is 6.10 Å². The third kappa shape index (κ3) is 3.33. The third-order valence-electron chi connectivity index (χ3n) is 2.92. The van der Waals surface area contributed by atoms with Gasteiger partial charge >= 0.3 is 0 Å². The first-order valence-corrected chi connectivity index (χ1v) is 6.66. The van der Waals surface area contributed by atoms with Gasteiger partial charge in [-0.05, 0) is 29.8 Å². The Hall–Kier alpha value is -1.39. The number of rotatable bonds is 4. The molecule has 0 fully saturated rings. The summed E-state index contributed by atoms with van der Waals surface area (Å²) in [6.07, 6.45) is -0.423. The maximum absolute atomic E-state index is 13.2. The van der Waals surface area contributed by atoms with Crippen LogP contribution in [0.1, 0.15) is 17.2 Å². The van der Waals surface area contributed by atoms with Crippen LogP contribution in [0.15, 0.2) is 46.9 Å². The molecule has 1 atom stereocenters. The van der Waals surface area contributed by atoms with Crippen LogP contribution in [-0.4, -0.2) is 12.2 Å². The van der Waals surface area contributed by atoms with Gasteiger partial charge in [-0.15, -0.1) is 0 Å². The lowest BCUT2D eigenvalue weighted by Crippen LogP contribution is -2.04. The van der Waals surface area contributed by atoms with Crippen molar-refractivity contribution in [3.8, 4) is 5.75 Å². The van der Waals surface area contributed by atoms with E-state index in [1.54, 1.807) is 25.3 Å². The molecular weight excluding hydrogens is 311 g/mol. The number of methoxy groups -OCH3 is 1. The Kier molecular flexibility index (Phi) is 4.56. The average Bonchev–Trinajstić information content (AvgIpc) is 2.42. The number of aliphatic hydroxyl groups excluding tert-OH is 1. The fraction of sp³-hybridized carbons (Fsp3) is 0.200. The van der Waals surface area contributed by atoms with E-state index in [1.165, 1.54) is 12.1 Å². The lowest BCUT2D eigenvalue weighted by molar-refractivity contribution is 0.173. The van der Waals surface area contributed by atoms with E-state index in [0.717, 1.165) is 10.0 Å². The first-order chi connectivity index (χ1) is 9.11. The van der Waals surface area contributed by atoms with Crippen molar-refractivity contribution in [2.24, 2.45) is 0 Å². The van der Waals surface area contributed by atoms with Crippen LogP contribution >= 0.6 is 15.9 Å². The van der Waals surface area contributed by atoms with Gasteiger partial charge in [0, 0.05) is 16.5 Å². The van der Waals surface area contributed by atoms with Crippen LogP contribution in [0.4, 0.5) is 4.39 Å². The summed E-state index contributed by atoms with van der Waals surface area (Å²) < 4.78 is 19.2. The van der Waals surface area contributed by atoms with Crippen LogP contribution in [0.2, 0.25) is 0 Å². The zero-order valence-corrected chi connectivity index (χ0v) is 12.0. The number of aliphatic hydroxyl groups is 1. The van der Waals surface area contributed by atoms with Crippen LogP contribution in [0, 0.1) is 5.82 Å². The van der Waals surface area contributed by atoms with Crippen LogP contribution in [0.3, 0.4) is 0 Å². The summed E-state index contributed by atoms with van der Waals surface area (Å²) in [7, 11) is 1.56. The van der Waals surface area contributed by atoms with Gasteiger partial charge in [-0.3, -0.25) is 0 Å². The molecule has 0 amide bonds. The minimum atomic E-state index is -0.741. The van der Waals surface area contributed by atoms with Crippen molar-refractivity contribution >= 4 is 15.9 Å². The van der Waals surface area contributed by atoms with E-state index in [-0.39, 0.29) is 5.82 Å². The van der Waals surface area contributed by atoms with Crippen LogP contribution in [-0.2, 0) is 6.42 Å². The zero-order valence-electron chi connectivity index (χ0n) is 10.4. The molecule has 0 aliphatic heterocycles. The van der Waals surface area contributed by atoms with Crippen LogP contribution in [0.5, 0.6) is 5.75 Å². The Morgan fingerprint density at radius 2 is 2.00 bits per heavy atom. The molecule has 0 heterocycles. The molecule has 2 nitrogen and oxygen atoms in total. The number of hydrogen-bond donors (Lipinski definition) is 1. The fourth-order valence-electron chi connectivity index (χ4n) is 1.96. The maximum Gasteiger partial charge on any atom is 0.124 e. The Labute approximate surface area is 120 Å². The summed E-state index contributed by atoms with van der Waals surface area (Å²) in [5, 5.41) is 10.3. The Morgan fingerprint density at radius 3 is 2.74 bits per heavy atom. The van der Waals surface area contributed by atoms with Crippen molar-refractivity contribution in [3.63, 3.8) is 0 Å². The fourth-order valence-corrected chi connectivity index (χ4v) is 2.37. The van der Waals surface area contributed by atoms with Gasteiger partial charge in [0.15, 0.2) is 0 Å². The molecule has 0 spiro atoms. The van der Waals surface area contributed by atoms with E-state index in [4.69, 9.17) is 4.74 Å².